The average molecular weight is 488 g/mol. The summed E-state index contributed by atoms with van der Waals surface area (Å²) in [5, 5.41) is 8.35. The summed E-state index contributed by atoms with van der Waals surface area (Å²) in [6.07, 6.45) is 0.321. The molecule has 0 radical (unpaired) electrons. The molecule has 0 aromatic rings. The van der Waals surface area contributed by atoms with Crippen LogP contribution in [0.3, 0.4) is 0 Å². The lowest BCUT2D eigenvalue weighted by atomic mass is 10.5. The maximum atomic E-state index is 10.2. The van der Waals surface area contributed by atoms with Crippen LogP contribution in [0.2, 0.25) is 6.04 Å². The Morgan fingerprint density at radius 2 is 1.16 bits per heavy atom. The summed E-state index contributed by atoms with van der Waals surface area (Å²) in [6, 6.07) is 0.565. The normalized spacial score (nSPS) is 11.7. The van der Waals surface area contributed by atoms with E-state index in [-0.39, 0.29) is 6.61 Å². The second-order valence-corrected chi connectivity index (χ2v) is 11.0. The molecule has 0 amide bonds. The molecule has 0 aliphatic heterocycles. The van der Waals surface area contributed by atoms with Crippen molar-refractivity contribution < 1.29 is 41.2 Å². The minimum atomic E-state index is -2.64. The largest absolute Gasteiger partial charge is 0.596 e. The van der Waals surface area contributed by atoms with Crippen molar-refractivity contribution in [2.24, 2.45) is 0 Å². The van der Waals surface area contributed by atoms with Crippen molar-refractivity contribution >= 4 is 23.9 Å². The summed E-state index contributed by atoms with van der Waals surface area (Å²) in [4.78, 5) is 13.5. The molecule has 31 heavy (non-hydrogen) atoms. The van der Waals surface area contributed by atoms with Gasteiger partial charge in [0.05, 0.1) is 6.61 Å². The maximum absolute atomic E-state index is 10.2. The van der Waals surface area contributed by atoms with Gasteiger partial charge >= 0.3 is 23.9 Å². The first-order valence-electron chi connectivity index (χ1n) is 11.3. The van der Waals surface area contributed by atoms with Gasteiger partial charge in [-0.15, -0.1) is 0 Å². The average Bonchev–Trinajstić information content (AvgIpc) is 2.71. The van der Waals surface area contributed by atoms with E-state index < -0.39 is 23.9 Å². The van der Waals surface area contributed by atoms with Crippen molar-refractivity contribution in [3.8, 4) is 0 Å². The molecule has 0 aliphatic rings. The summed E-state index contributed by atoms with van der Waals surface area (Å²) in [5.41, 5.74) is 0. The first-order chi connectivity index (χ1) is 14.8. The molecule has 0 unspecified atom stereocenters. The van der Waals surface area contributed by atoms with Gasteiger partial charge in [-0.05, 0) is 60.9 Å². The van der Waals surface area contributed by atoms with E-state index in [4.69, 9.17) is 31.7 Å². The van der Waals surface area contributed by atoms with Crippen molar-refractivity contribution in [3.63, 3.8) is 0 Å². The number of hydrogen-bond acceptors (Lipinski definition) is 9. The third-order valence-corrected chi connectivity index (χ3v) is 9.38. The third kappa shape index (κ3) is 16.7. The Labute approximate surface area is 190 Å². The van der Waals surface area contributed by atoms with Gasteiger partial charge in [-0.1, -0.05) is 6.92 Å². The molecular weight excluding hydrogens is 442 g/mol. The predicted molar refractivity (Wildman–Crippen MR) is 123 cm³/mol. The third-order valence-electron chi connectivity index (χ3n) is 3.54. The molecule has 0 aromatic carbocycles. The molecule has 10 nitrogen and oxygen atoms in total. The van der Waals surface area contributed by atoms with Gasteiger partial charge in [0.25, 0.3) is 0 Å². The first-order valence-corrected chi connectivity index (χ1v) is 14.9. The number of hydrogen-bond donors (Lipinski definition) is 2. The Hall–Kier alpha value is -0.576. The fraction of sp³-hybridized carbons (Fsp3) is 0.947. The van der Waals surface area contributed by atoms with E-state index in [9.17, 15) is 4.79 Å². The van der Waals surface area contributed by atoms with Crippen LogP contribution in [0, 0.1) is 0 Å². The lowest BCUT2D eigenvalue weighted by molar-refractivity contribution is 0.0599. The van der Waals surface area contributed by atoms with E-state index in [0.717, 1.165) is 13.0 Å². The summed E-state index contributed by atoms with van der Waals surface area (Å²) in [7, 11) is -5.21. The zero-order valence-corrected chi connectivity index (χ0v) is 22.5. The standard InChI is InChI=1S/C10H22O6Si.C9H23NO3Si/c1-4-14-17(15-5-2,16-6-3)9-7-8-13-10(11)12;1-5-9-10-14(11-6-2,12-7-3)13-8-4/h4-9H2,1-3H3,(H,11,12);10H,5-9H2,1-4H3. The molecule has 0 saturated heterocycles. The van der Waals surface area contributed by atoms with Crippen LogP contribution in [0.5, 0.6) is 0 Å². The summed E-state index contributed by atoms with van der Waals surface area (Å²) in [5.74, 6) is 0. The van der Waals surface area contributed by atoms with Gasteiger partial charge in [-0.25, -0.2) is 4.79 Å². The van der Waals surface area contributed by atoms with Gasteiger partial charge < -0.3 is 36.4 Å². The smallest absolute Gasteiger partial charge is 0.450 e. The van der Waals surface area contributed by atoms with E-state index in [1.54, 1.807) is 0 Å². The minimum absolute atomic E-state index is 0.136. The van der Waals surface area contributed by atoms with Crippen LogP contribution in [0.15, 0.2) is 0 Å². The molecule has 0 aromatic heterocycles. The van der Waals surface area contributed by atoms with Crippen molar-refractivity contribution in [1.82, 2.24) is 4.98 Å². The summed E-state index contributed by atoms with van der Waals surface area (Å²) in [6.45, 7) is 18.0. The van der Waals surface area contributed by atoms with Crippen LogP contribution in [0.4, 0.5) is 4.79 Å². The highest BCUT2D eigenvalue weighted by Gasteiger charge is 2.41. The molecule has 188 valence electrons. The first kappa shape index (κ1) is 32.6. The highest BCUT2D eigenvalue weighted by Crippen LogP contribution is 2.18. The van der Waals surface area contributed by atoms with Crippen LogP contribution < -0.4 is 4.98 Å². The lowest BCUT2D eigenvalue weighted by Crippen LogP contribution is -2.59. The Bertz CT molecular complexity index is 386. The van der Waals surface area contributed by atoms with Crippen LogP contribution >= 0.6 is 0 Å². The molecule has 0 aliphatic carbocycles. The molecule has 0 spiro atoms. The molecule has 0 fully saturated rings. The molecule has 2 N–H and O–H groups in total. The molecule has 0 saturated carbocycles. The van der Waals surface area contributed by atoms with Crippen LogP contribution in [0.1, 0.15) is 61.3 Å². The Morgan fingerprint density at radius 3 is 1.48 bits per heavy atom. The zero-order valence-electron chi connectivity index (χ0n) is 20.5. The van der Waals surface area contributed by atoms with Crippen molar-refractivity contribution in [1.29, 1.82) is 0 Å². The van der Waals surface area contributed by atoms with E-state index in [0.29, 0.717) is 52.1 Å². The Kier molecular flexibility index (Phi) is 22.4. The summed E-state index contributed by atoms with van der Waals surface area (Å²) >= 11 is 0. The highest BCUT2D eigenvalue weighted by atomic mass is 28.4. The molecule has 12 heteroatoms. The number of ether oxygens (including phenoxy) is 1. The quantitative estimate of drug-likeness (QED) is 0.159. The second-order valence-electron chi connectivity index (χ2n) is 5.98. The fourth-order valence-corrected chi connectivity index (χ4v) is 7.41. The number of nitrogens with one attached hydrogen (secondary N) is 1. The van der Waals surface area contributed by atoms with Crippen LogP contribution in [0.25, 0.3) is 0 Å². The van der Waals surface area contributed by atoms with E-state index in [1.165, 1.54) is 0 Å². The van der Waals surface area contributed by atoms with Crippen LogP contribution in [-0.2, 0) is 31.3 Å². The van der Waals surface area contributed by atoms with E-state index in [1.807, 2.05) is 41.5 Å². The number of carbonyl (C=O) groups is 1. The van der Waals surface area contributed by atoms with E-state index in [2.05, 4.69) is 16.6 Å². The highest BCUT2D eigenvalue weighted by molar-refractivity contribution is 6.60. The van der Waals surface area contributed by atoms with Crippen LogP contribution in [-0.4, -0.2) is 81.8 Å². The number of carboxylic acid groups (broad SMARTS) is 1. The van der Waals surface area contributed by atoms with Gasteiger partial charge in [0.2, 0.25) is 0 Å². The second kappa shape index (κ2) is 21.3. The Balaban J connectivity index is 0. The topological polar surface area (TPSA) is 114 Å². The summed E-state index contributed by atoms with van der Waals surface area (Å²) < 4.78 is 38.1. The lowest BCUT2D eigenvalue weighted by Gasteiger charge is -2.28. The molecule has 0 atom stereocenters. The monoisotopic (exact) mass is 487 g/mol. The van der Waals surface area contributed by atoms with E-state index >= 15 is 0 Å². The fourth-order valence-electron chi connectivity index (χ4n) is 2.58. The van der Waals surface area contributed by atoms with Gasteiger partial charge in [-0.3, -0.25) is 4.98 Å². The van der Waals surface area contributed by atoms with Gasteiger partial charge in [0, 0.05) is 45.7 Å². The zero-order chi connectivity index (χ0) is 24.0. The molecule has 0 rings (SSSR count). The number of rotatable bonds is 19. The maximum Gasteiger partial charge on any atom is 0.596 e. The van der Waals surface area contributed by atoms with Crippen molar-refractivity contribution in [3.05, 3.63) is 0 Å². The Morgan fingerprint density at radius 1 is 0.742 bits per heavy atom. The SMILES string of the molecule is CCCN[Si](OCC)(OCC)OCC.CCO[Si](CCCOC(=O)O)(OCC)OCC. The molecule has 0 heterocycles. The van der Waals surface area contributed by atoms with Gasteiger partial charge in [-0.2, -0.15) is 0 Å². The van der Waals surface area contributed by atoms with Gasteiger partial charge in [0.1, 0.15) is 0 Å². The predicted octanol–water partition coefficient (Wildman–Crippen LogP) is 3.65. The van der Waals surface area contributed by atoms with Gasteiger partial charge in [0.15, 0.2) is 0 Å². The molecule has 0 bridgehead atoms. The molecular formula is C19H45NO9Si2. The van der Waals surface area contributed by atoms with Crippen molar-refractivity contribution in [2.45, 2.75) is 67.4 Å². The minimum Gasteiger partial charge on any atom is -0.450 e. The van der Waals surface area contributed by atoms with Crippen molar-refractivity contribution in [2.75, 3.05) is 52.8 Å².